The van der Waals surface area contributed by atoms with Crippen molar-refractivity contribution in [3.8, 4) is 11.5 Å². The third-order valence-corrected chi connectivity index (χ3v) is 4.57. The zero-order valence-electron chi connectivity index (χ0n) is 12.2. The fraction of sp³-hybridized carbons (Fsp3) is 0.188. The smallest absolute Gasteiger partial charge is 0.187 e. The fourth-order valence-electron chi connectivity index (χ4n) is 1.88. The molecule has 111 valence electrons. The number of methoxy groups -OCH3 is 2. The predicted molar refractivity (Wildman–Crippen MR) is 81.3 cm³/mol. The molecule has 0 heterocycles. The summed E-state index contributed by atoms with van der Waals surface area (Å²) in [5.41, 5.74) is 1.50. The first kappa shape index (κ1) is 15.4. The van der Waals surface area contributed by atoms with Crippen molar-refractivity contribution in [2.45, 2.75) is 11.8 Å². The topological polar surface area (TPSA) is 52.6 Å². The normalized spacial score (nSPS) is 11.2. The van der Waals surface area contributed by atoms with Gasteiger partial charge in [-0.3, -0.25) is 0 Å². The van der Waals surface area contributed by atoms with E-state index in [0.29, 0.717) is 17.1 Å². The molecule has 1 radical (unpaired) electrons. The monoisotopic (exact) mass is 305 g/mol. The summed E-state index contributed by atoms with van der Waals surface area (Å²) in [5, 5.41) is 0. The maximum atomic E-state index is 12.4. The van der Waals surface area contributed by atoms with Crippen LogP contribution >= 0.6 is 0 Å². The standard InChI is InChI=1S/C16H17O4S/c1-12-4-8-15(9-5-12)21(17,18)11-13-6-7-14(19-2)10-16(13)20-3/h4-11H,1-3H3. The maximum Gasteiger partial charge on any atom is 0.187 e. The molecule has 0 bridgehead atoms. The molecule has 0 saturated carbocycles. The molecule has 2 aromatic carbocycles. The molecular formula is C16H17O4S. The van der Waals surface area contributed by atoms with Gasteiger partial charge in [-0.1, -0.05) is 23.8 Å². The zero-order chi connectivity index (χ0) is 15.5. The lowest BCUT2D eigenvalue weighted by Crippen LogP contribution is -2.04. The Morgan fingerprint density at radius 2 is 1.62 bits per heavy atom. The van der Waals surface area contributed by atoms with E-state index >= 15 is 0 Å². The van der Waals surface area contributed by atoms with Crippen LogP contribution in [0.2, 0.25) is 0 Å². The van der Waals surface area contributed by atoms with Crippen molar-refractivity contribution >= 4 is 9.84 Å². The van der Waals surface area contributed by atoms with Crippen molar-refractivity contribution in [3.05, 3.63) is 59.3 Å². The van der Waals surface area contributed by atoms with Gasteiger partial charge >= 0.3 is 0 Å². The van der Waals surface area contributed by atoms with E-state index in [2.05, 4.69) is 0 Å². The molecule has 0 aliphatic heterocycles. The average molecular weight is 305 g/mol. The van der Waals surface area contributed by atoms with Gasteiger partial charge in [0.25, 0.3) is 0 Å². The molecule has 0 aliphatic carbocycles. The first-order chi connectivity index (χ1) is 9.96. The molecule has 0 spiro atoms. The highest BCUT2D eigenvalue weighted by Gasteiger charge is 2.18. The molecule has 0 saturated heterocycles. The summed E-state index contributed by atoms with van der Waals surface area (Å²) < 4.78 is 35.1. The van der Waals surface area contributed by atoms with E-state index in [1.165, 1.54) is 12.9 Å². The van der Waals surface area contributed by atoms with Gasteiger partial charge in [0.15, 0.2) is 9.84 Å². The van der Waals surface area contributed by atoms with E-state index in [1.807, 2.05) is 6.92 Å². The fourth-order valence-corrected chi connectivity index (χ4v) is 3.06. The van der Waals surface area contributed by atoms with Gasteiger partial charge in [-0.25, -0.2) is 8.42 Å². The Morgan fingerprint density at radius 3 is 2.19 bits per heavy atom. The van der Waals surface area contributed by atoms with E-state index in [-0.39, 0.29) is 4.90 Å². The van der Waals surface area contributed by atoms with Crippen LogP contribution in [0.3, 0.4) is 0 Å². The van der Waals surface area contributed by atoms with Crippen LogP contribution in [-0.2, 0) is 9.84 Å². The Balaban J connectivity index is 2.34. The molecule has 0 fully saturated rings. The maximum absolute atomic E-state index is 12.4. The molecule has 0 aliphatic rings. The van der Waals surface area contributed by atoms with Crippen LogP contribution in [0.5, 0.6) is 11.5 Å². The van der Waals surface area contributed by atoms with Gasteiger partial charge in [0.2, 0.25) is 0 Å². The van der Waals surface area contributed by atoms with Crippen LogP contribution in [0.1, 0.15) is 11.1 Å². The number of ether oxygens (including phenoxy) is 2. The molecule has 21 heavy (non-hydrogen) atoms. The van der Waals surface area contributed by atoms with E-state index in [0.717, 1.165) is 5.56 Å². The number of hydrogen-bond donors (Lipinski definition) is 0. The molecule has 0 unspecified atom stereocenters. The first-order valence-electron chi connectivity index (χ1n) is 6.35. The SMILES string of the molecule is COc1ccc([CH]S(=O)(=O)c2ccc(C)cc2)c(OC)c1. The van der Waals surface area contributed by atoms with Crippen LogP contribution < -0.4 is 9.47 Å². The Hall–Kier alpha value is -2.01. The molecule has 4 nitrogen and oxygen atoms in total. The van der Waals surface area contributed by atoms with E-state index < -0.39 is 9.84 Å². The van der Waals surface area contributed by atoms with Gasteiger partial charge in [0.05, 0.1) is 19.1 Å². The zero-order valence-corrected chi connectivity index (χ0v) is 13.0. The minimum absolute atomic E-state index is 0.256. The minimum atomic E-state index is -3.53. The summed E-state index contributed by atoms with van der Waals surface area (Å²) >= 11 is 0. The highest BCUT2D eigenvalue weighted by Crippen LogP contribution is 2.29. The van der Waals surface area contributed by atoms with Crippen LogP contribution in [0, 0.1) is 12.7 Å². The molecule has 0 amide bonds. The first-order valence-corrected chi connectivity index (χ1v) is 7.89. The minimum Gasteiger partial charge on any atom is -0.497 e. The van der Waals surface area contributed by atoms with Gasteiger partial charge in [0, 0.05) is 11.6 Å². The van der Waals surface area contributed by atoms with Gasteiger partial charge < -0.3 is 9.47 Å². The summed E-state index contributed by atoms with van der Waals surface area (Å²) in [6.45, 7) is 1.91. The molecule has 0 atom stereocenters. The largest absolute Gasteiger partial charge is 0.497 e. The van der Waals surface area contributed by atoms with Crippen molar-refractivity contribution in [2.24, 2.45) is 0 Å². The average Bonchev–Trinajstić information content (AvgIpc) is 2.47. The predicted octanol–water partition coefficient (Wildman–Crippen LogP) is 3.00. The van der Waals surface area contributed by atoms with Crippen LogP contribution in [0.25, 0.3) is 0 Å². The molecule has 5 heteroatoms. The second kappa shape index (κ2) is 6.18. The molecule has 2 rings (SSSR count). The van der Waals surface area contributed by atoms with Crippen LogP contribution in [0.4, 0.5) is 0 Å². The Morgan fingerprint density at radius 1 is 0.952 bits per heavy atom. The van der Waals surface area contributed by atoms with E-state index in [9.17, 15) is 8.42 Å². The number of benzene rings is 2. The van der Waals surface area contributed by atoms with Crippen LogP contribution in [-0.4, -0.2) is 22.6 Å². The van der Waals surface area contributed by atoms with Gasteiger partial charge in [0.1, 0.15) is 17.3 Å². The molecule has 2 aromatic rings. The highest BCUT2D eigenvalue weighted by molar-refractivity contribution is 7.93. The Bertz CT molecular complexity index is 718. The molecular weight excluding hydrogens is 288 g/mol. The second-order valence-corrected chi connectivity index (χ2v) is 6.38. The second-order valence-electron chi connectivity index (χ2n) is 4.58. The molecule has 0 aromatic heterocycles. The van der Waals surface area contributed by atoms with Gasteiger partial charge in [-0.2, -0.15) is 0 Å². The summed E-state index contributed by atoms with van der Waals surface area (Å²) in [6, 6.07) is 11.7. The Labute approximate surface area is 125 Å². The van der Waals surface area contributed by atoms with Crippen molar-refractivity contribution in [2.75, 3.05) is 14.2 Å². The number of sulfone groups is 1. The quantitative estimate of drug-likeness (QED) is 0.852. The van der Waals surface area contributed by atoms with Crippen molar-refractivity contribution in [1.29, 1.82) is 0 Å². The third kappa shape index (κ3) is 3.55. The summed E-state index contributed by atoms with van der Waals surface area (Å²) in [4.78, 5) is 0.256. The summed E-state index contributed by atoms with van der Waals surface area (Å²) in [6.07, 6.45) is 0. The lowest BCUT2D eigenvalue weighted by Gasteiger charge is -2.10. The van der Waals surface area contributed by atoms with Gasteiger partial charge in [-0.05, 0) is 25.1 Å². The number of hydrogen-bond acceptors (Lipinski definition) is 4. The van der Waals surface area contributed by atoms with Crippen molar-refractivity contribution < 1.29 is 17.9 Å². The Kier molecular flexibility index (Phi) is 4.53. The van der Waals surface area contributed by atoms with E-state index in [4.69, 9.17) is 9.47 Å². The number of aryl methyl sites for hydroxylation is 1. The lowest BCUT2D eigenvalue weighted by molar-refractivity contribution is 0.393. The summed E-state index contributed by atoms with van der Waals surface area (Å²) in [7, 11) is -0.495. The molecule has 0 N–H and O–H groups in total. The van der Waals surface area contributed by atoms with Crippen LogP contribution in [0.15, 0.2) is 47.4 Å². The lowest BCUT2D eigenvalue weighted by atomic mass is 10.2. The highest BCUT2D eigenvalue weighted by atomic mass is 32.2. The van der Waals surface area contributed by atoms with Crippen molar-refractivity contribution in [3.63, 3.8) is 0 Å². The summed E-state index contributed by atoms with van der Waals surface area (Å²) in [5.74, 6) is 2.26. The number of rotatable bonds is 5. The third-order valence-electron chi connectivity index (χ3n) is 3.07. The van der Waals surface area contributed by atoms with Gasteiger partial charge in [-0.15, -0.1) is 0 Å². The van der Waals surface area contributed by atoms with Crippen molar-refractivity contribution in [1.82, 2.24) is 0 Å². The van der Waals surface area contributed by atoms with E-state index in [1.54, 1.807) is 49.6 Å².